The Hall–Kier alpha value is -2.61. The van der Waals surface area contributed by atoms with Crippen LogP contribution in [0.4, 0.5) is 20.2 Å². The number of hydrogen-bond acceptors (Lipinski definition) is 4. The van der Waals surface area contributed by atoms with E-state index in [0.29, 0.717) is 53.0 Å². The molecular weight excluding hydrogens is 374 g/mol. The number of nitrogens with zero attached hydrogens (tertiary/aromatic N) is 1. The van der Waals surface area contributed by atoms with Gasteiger partial charge < -0.3 is 15.3 Å². The van der Waals surface area contributed by atoms with Crippen LogP contribution in [0.5, 0.6) is 0 Å². The SMILES string of the molecule is O=C(O)[C@@H]1CCCN1C(=O)c1ccccc1Nc1ccc(SC(F)F)cc1. The maximum absolute atomic E-state index is 12.9. The molecule has 1 saturated heterocycles. The lowest BCUT2D eigenvalue weighted by Crippen LogP contribution is -2.40. The molecule has 0 bridgehead atoms. The first-order valence-corrected chi connectivity index (χ1v) is 9.28. The molecule has 27 heavy (non-hydrogen) atoms. The lowest BCUT2D eigenvalue weighted by atomic mass is 10.1. The molecule has 0 radical (unpaired) electrons. The van der Waals surface area contributed by atoms with Gasteiger partial charge >= 0.3 is 5.97 Å². The summed E-state index contributed by atoms with van der Waals surface area (Å²) in [6, 6.07) is 12.5. The topological polar surface area (TPSA) is 69.6 Å². The Morgan fingerprint density at radius 1 is 1.15 bits per heavy atom. The van der Waals surface area contributed by atoms with E-state index in [9.17, 15) is 23.5 Å². The number of carboxylic acid groups (broad SMARTS) is 1. The van der Waals surface area contributed by atoms with Crippen molar-refractivity contribution in [3.05, 3.63) is 54.1 Å². The van der Waals surface area contributed by atoms with Crippen molar-refractivity contribution in [2.45, 2.75) is 29.5 Å². The quantitative estimate of drug-likeness (QED) is 0.712. The van der Waals surface area contributed by atoms with Crippen molar-refractivity contribution in [2.75, 3.05) is 11.9 Å². The van der Waals surface area contributed by atoms with Crippen molar-refractivity contribution >= 4 is 35.0 Å². The summed E-state index contributed by atoms with van der Waals surface area (Å²) in [6.07, 6.45) is 1.10. The van der Waals surface area contributed by atoms with Crippen molar-refractivity contribution < 1.29 is 23.5 Å². The van der Waals surface area contributed by atoms with Crippen molar-refractivity contribution in [1.29, 1.82) is 0 Å². The van der Waals surface area contributed by atoms with E-state index >= 15 is 0 Å². The Morgan fingerprint density at radius 2 is 1.85 bits per heavy atom. The van der Waals surface area contributed by atoms with Crippen molar-refractivity contribution in [2.24, 2.45) is 0 Å². The standard InChI is InChI=1S/C19H18F2N2O3S/c20-19(21)27-13-9-7-12(8-10-13)22-15-5-2-1-4-14(15)17(24)23-11-3-6-16(23)18(25)26/h1-2,4-5,7-10,16,19,22H,3,6,11H2,(H,25,26)/t16-/m0/s1. The number of thioether (sulfide) groups is 1. The molecule has 1 aliphatic heterocycles. The molecule has 1 aliphatic rings. The summed E-state index contributed by atoms with van der Waals surface area (Å²) in [5.41, 5.74) is 1.55. The number of benzene rings is 2. The third-order valence-electron chi connectivity index (χ3n) is 4.31. The van der Waals surface area contributed by atoms with Crippen LogP contribution in [0, 0.1) is 0 Å². The number of amides is 1. The van der Waals surface area contributed by atoms with Crippen LogP contribution in [-0.4, -0.2) is 40.2 Å². The molecule has 0 aliphatic carbocycles. The van der Waals surface area contributed by atoms with Gasteiger partial charge in [0.2, 0.25) is 0 Å². The molecule has 142 valence electrons. The van der Waals surface area contributed by atoms with Crippen LogP contribution in [0.2, 0.25) is 0 Å². The molecule has 1 heterocycles. The van der Waals surface area contributed by atoms with Crippen LogP contribution >= 0.6 is 11.8 Å². The van der Waals surface area contributed by atoms with Gasteiger partial charge in [-0.25, -0.2) is 4.79 Å². The second-order valence-electron chi connectivity index (χ2n) is 6.07. The minimum absolute atomic E-state index is 0.340. The van der Waals surface area contributed by atoms with Gasteiger partial charge in [0, 0.05) is 17.1 Å². The first-order valence-electron chi connectivity index (χ1n) is 8.40. The average Bonchev–Trinajstić information content (AvgIpc) is 3.13. The molecule has 3 rings (SSSR count). The second-order valence-corrected chi connectivity index (χ2v) is 7.13. The number of likely N-dealkylation sites (tertiary alicyclic amines) is 1. The fourth-order valence-electron chi connectivity index (χ4n) is 3.08. The Kier molecular flexibility index (Phi) is 5.95. The average molecular weight is 392 g/mol. The predicted octanol–water partition coefficient (Wildman–Crippen LogP) is 4.43. The molecule has 8 heteroatoms. The molecular formula is C19H18F2N2O3S. The maximum Gasteiger partial charge on any atom is 0.326 e. The third-order valence-corrected chi connectivity index (χ3v) is 5.04. The zero-order valence-corrected chi connectivity index (χ0v) is 15.1. The molecule has 2 aromatic rings. The number of carboxylic acids is 1. The number of rotatable bonds is 6. The van der Waals surface area contributed by atoms with Gasteiger partial charge in [-0.1, -0.05) is 23.9 Å². The van der Waals surface area contributed by atoms with E-state index in [-0.39, 0.29) is 5.91 Å². The highest BCUT2D eigenvalue weighted by Gasteiger charge is 2.35. The minimum Gasteiger partial charge on any atom is -0.480 e. The summed E-state index contributed by atoms with van der Waals surface area (Å²) in [5.74, 6) is -3.82. The molecule has 5 nitrogen and oxygen atoms in total. The minimum atomic E-state index is -2.48. The zero-order valence-electron chi connectivity index (χ0n) is 14.3. The second kappa shape index (κ2) is 8.39. The van der Waals surface area contributed by atoms with E-state index < -0.39 is 17.8 Å². The number of halogens is 2. The van der Waals surface area contributed by atoms with Gasteiger partial charge in [-0.3, -0.25) is 4.79 Å². The predicted molar refractivity (Wildman–Crippen MR) is 99.7 cm³/mol. The van der Waals surface area contributed by atoms with E-state index in [2.05, 4.69) is 5.32 Å². The van der Waals surface area contributed by atoms with Gasteiger partial charge in [-0.15, -0.1) is 0 Å². The Morgan fingerprint density at radius 3 is 2.52 bits per heavy atom. The summed E-state index contributed by atoms with van der Waals surface area (Å²) < 4.78 is 24.8. The zero-order chi connectivity index (χ0) is 19.4. The molecule has 0 spiro atoms. The van der Waals surface area contributed by atoms with Gasteiger partial charge in [0.05, 0.1) is 11.3 Å². The highest BCUT2D eigenvalue weighted by molar-refractivity contribution is 7.99. The third kappa shape index (κ3) is 4.57. The van der Waals surface area contributed by atoms with Gasteiger partial charge in [-0.2, -0.15) is 8.78 Å². The summed E-state index contributed by atoms with van der Waals surface area (Å²) in [6.45, 7) is 0.406. The van der Waals surface area contributed by atoms with Crippen LogP contribution in [0.25, 0.3) is 0 Å². The lowest BCUT2D eigenvalue weighted by Gasteiger charge is -2.23. The molecule has 0 aromatic heterocycles. The number of hydrogen-bond donors (Lipinski definition) is 2. The van der Waals surface area contributed by atoms with Crippen molar-refractivity contribution in [1.82, 2.24) is 4.90 Å². The summed E-state index contributed by atoms with van der Waals surface area (Å²) in [4.78, 5) is 26.1. The number of carbonyl (C=O) groups is 2. The fraction of sp³-hybridized carbons (Fsp3) is 0.263. The number of para-hydroxylation sites is 1. The number of anilines is 2. The first-order chi connectivity index (χ1) is 13.0. The fourth-order valence-corrected chi connectivity index (χ4v) is 3.57. The largest absolute Gasteiger partial charge is 0.480 e. The Balaban J connectivity index is 1.80. The molecule has 0 saturated carbocycles. The van der Waals surface area contributed by atoms with E-state index in [1.807, 2.05) is 0 Å². The van der Waals surface area contributed by atoms with E-state index in [0.717, 1.165) is 0 Å². The van der Waals surface area contributed by atoms with Gasteiger partial charge in [0.1, 0.15) is 6.04 Å². The molecule has 2 aromatic carbocycles. The van der Waals surface area contributed by atoms with Crippen LogP contribution in [-0.2, 0) is 4.79 Å². The van der Waals surface area contributed by atoms with Crippen LogP contribution in [0.3, 0.4) is 0 Å². The smallest absolute Gasteiger partial charge is 0.326 e. The van der Waals surface area contributed by atoms with E-state index in [1.54, 1.807) is 48.5 Å². The summed E-state index contributed by atoms with van der Waals surface area (Å²) >= 11 is 0.464. The number of carbonyl (C=O) groups excluding carboxylic acids is 1. The lowest BCUT2D eigenvalue weighted by molar-refractivity contribution is -0.141. The Labute approximate surface area is 159 Å². The number of alkyl halides is 2. The van der Waals surface area contributed by atoms with Gasteiger partial charge in [-0.05, 0) is 49.2 Å². The number of aliphatic carboxylic acids is 1. The molecule has 0 unspecified atom stereocenters. The van der Waals surface area contributed by atoms with Crippen LogP contribution in [0.1, 0.15) is 23.2 Å². The summed E-state index contributed by atoms with van der Waals surface area (Å²) in [7, 11) is 0. The van der Waals surface area contributed by atoms with Crippen molar-refractivity contribution in [3.8, 4) is 0 Å². The van der Waals surface area contributed by atoms with Crippen LogP contribution in [0.15, 0.2) is 53.4 Å². The highest BCUT2D eigenvalue weighted by atomic mass is 32.2. The molecule has 2 N–H and O–H groups in total. The Bertz CT molecular complexity index is 830. The monoisotopic (exact) mass is 392 g/mol. The van der Waals surface area contributed by atoms with Gasteiger partial charge in [0.15, 0.2) is 0 Å². The van der Waals surface area contributed by atoms with Crippen LogP contribution < -0.4 is 5.32 Å². The molecule has 1 amide bonds. The maximum atomic E-state index is 12.9. The summed E-state index contributed by atoms with van der Waals surface area (Å²) in [5, 5.41) is 12.4. The molecule has 1 fully saturated rings. The first kappa shape index (κ1) is 19.2. The normalized spacial score (nSPS) is 16.6. The highest BCUT2D eigenvalue weighted by Crippen LogP contribution is 2.29. The molecule has 1 atom stereocenters. The van der Waals surface area contributed by atoms with Crippen molar-refractivity contribution in [3.63, 3.8) is 0 Å². The van der Waals surface area contributed by atoms with Gasteiger partial charge in [0.25, 0.3) is 11.7 Å². The number of nitrogens with one attached hydrogen (secondary N) is 1. The van der Waals surface area contributed by atoms with E-state index in [1.165, 1.54) is 4.90 Å². The van der Waals surface area contributed by atoms with E-state index in [4.69, 9.17) is 0 Å².